The molecule has 10 aromatic rings. The molecule has 0 aliphatic carbocycles. The van der Waals surface area contributed by atoms with E-state index in [1.807, 2.05) is 66.7 Å². The Morgan fingerprint density at radius 2 is 0.667 bits per heavy atom. The van der Waals surface area contributed by atoms with Crippen LogP contribution in [0.25, 0.3) is 49.7 Å². The molecule has 60 heavy (non-hydrogen) atoms. The third kappa shape index (κ3) is 4.57. The number of para-hydroxylation sites is 7. The number of hydrogen-bond donors (Lipinski definition) is 0. The molecule has 5 heteroatoms. The molecule has 3 aliphatic rings. The maximum absolute atomic E-state index is 7.12. The van der Waals surface area contributed by atoms with E-state index >= 15 is 0 Å². The van der Waals surface area contributed by atoms with Gasteiger partial charge in [0, 0.05) is 61.0 Å². The van der Waals surface area contributed by atoms with Gasteiger partial charge in [-0.3, -0.25) is 0 Å². The molecule has 9 aromatic carbocycles. The van der Waals surface area contributed by atoms with Crippen LogP contribution in [0.2, 0.25) is 0 Å². The molecule has 4 heterocycles. The molecule has 0 fully saturated rings. The van der Waals surface area contributed by atoms with Crippen LogP contribution in [0.3, 0.4) is 0 Å². The van der Waals surface area contributed by atoms with Crippen LogP contribution in [0.4, 0.5) is 0 Å². The minimum atomic E-state index is -0.731. The first kappa shape index (κ1) is 33.0. The Morgan fingerprint density at radius 1 is 0.283 bits per heavy atom. The second-order valence-corrected chi connectivity index (χ2v) is 15.5. The van der Waals surface area contributed by atoms with Crippen LogP contribution in [-0.2, 0) is 5.41 Å². The van der Waals surface area contributed by atoms with Crippen molar-refractivity contribution in [1.29, 1.82) is 0 Å². The van der Waals surface area contributed by atoms with Gasteiger partial charge in [0.1, 0.15) is 46.0 Å². The summed E-state index contributed by atoms with van der Waals surface area (Å²) in [5.41, 5.74) is 10.4. The Hall–Kier alpha value is -8.02. The van der Waals surface area contributed by atoms with Crippen molar-refractivity contribution >= 4 is 21.8 Å². The average molecular weight is 772 g/mol. The zero-order chi connectivity index (χ0) is 39.4. The molecule has 0 unspecified atom stereocenters. The number of ether oxygens (including phenoxy) is 4. The fourth-order valence-corrected chi connectivity index (χ4v) is 9.87. The lowest BCUT2D eigenvalue weighted by Gasteiger charge is -2.44. The van der Waals surface area contributed by atoms with Gasteiger partial charge in [0.2, 0.25) is 0 Å². The van der Waals surface area contributed by atoms with Crippen LogP contribution >= 0.6 is 0 Å². The summed E-state index contributed by atoms with van der Waals surface area (Å²) in [6.07, 6.45) is 0. The molecule has 0 saturated heterocycles. The number of fused-ring (bicyclic) bond motifs is 17. The predicted octanol–water partition coefficient (Wildman–Crippen LogP) is 14.6. The van der Waals surface area contributed by atoms with Crippen molar-refractivity contribution < 1.29 is 18.9 Å². The summed E-state index contributed by atoms with van der Waals surface area (Å²) in [7, 11) is 0. The average Bonchev–Trinajstić information content (AvgIpc) is 3.60. The highest BCUT2D eigenvalue weighted by atomic mass is 16.5. The maximum atomic E-state index is 7.12. The predicted molar refractivity (Wildman–Crippen MR) is 237 cm³/mol. The number of rotatable bonds is 1. The van der Waals surface area contributed by atoms with Crippen LogP contribution in [-0.4, -0.2) is 4.57 Å². The van der Waals surface area contributed by atoms with Crippen LogP contribution in [0.15, 0.2) is 200 Å². The molecule has 0 atom stereocenters. The van der Waals surface area contributed by atoms with Crippen molar-refractivity contribution in [2.24, 2.45) is 0 Å². The molecule has 3 aliphatic heterocycles. The summed E-state index contributed by atoms with van der Waals surface area (Å²) < 4.78 is 30.0. The highest BCUT2D eigenvalue weighted by Crippen LogP contribution is 2.62. The molecule has 0 saturated carbocycles. The lowest BCUT2D eigenvalue weighted by Crippen LogP contribution is -2.36. The SMILES string of the molecule is c1ccc(-n2c3cc4c(cc3c3cc5c(cc32)C2(c3ccccc3Oc3ccccc32)c2ccccc2O5)Oc2ccccc2-c2ccccc2Oc2ccccc2-4)cc1. The molecule has 0 radical (unpaired) electrons. The van der Waals surface area contributed by atoms with Crippen LogP contribution in [0, 0.1) is 0 Å². The van der Waals surface area contributed by atoms with Crippen LogP contribution in [0.1, 0.15) is 22.3 Å². The van der Waals surface area contributed by atoms with Gasteiger partial charge in [-0.25, -0.2) is 0 Å². The largest absolute Gasteiger partial charge is 0.457 e. The second-order valence-electron chi connectivity index (χ2n) is 15.5. The minimum absolute atomic E-state index is 0.727. The summed E-state index contributed by atoms with van der Waals surface area (Å²) in [4.78, 5) is 0. The van der Waals surface area contributed by atoms with E-state index in [-0.39, 0.29) is 0 Å². The third-order valence-corrected chi connectivity index (χ3v) is 12.4. The van der Waals surface area contributed by atoms with E-state index in [0.717, 1.165) is 118 Å². The summed E-state index contributed by atoms with van der Waals surface area (Å²) in [5, 5.41) is 2.08. The molecule has 13 rings (SSSR count). The summed E-state index contributed by atoms with van der Waals surface area (Å²) in [6, 6.07) is 69.5. The molecular formula is C55H33NO4. The lowest BCUT2D eigenvalue weighted by molar-refractivity contribution is 0.400. The van der Waals surface area contributed by atoms with E-state index in [0.29, 0.717) is 0 Å². The Labute approximate surface area is 345 Å². The number of aromatic nitrogens is 1. The first-order chi connectivity index (χ1) is 29.7. The smallest absolute Gasteiger partial charge is 0.136 e. The molecule has 0 amide bonds. The second kappa shape index (κ2) is 12.5. The monoisotopic (exact) mass is 771 g/mol. The molecule has 1 aromatic heterocycles. The number of hydrogen-bond acceptors (Lipinski definition) is 4. The summed E-state index contributed by atoms with van der Waals surface area (Å²) in [5.74, 6) is 6.25. The van der Waals surface area contributed by atoms with E-state index in [4.69, 9.17) is 18.9 Å². The van der Waals surface area contributed by atoms with Gasteiger partial charge in [-0.05, 0) is 72.8 Å². The van der Waals surface area contributed by atoms with Gasteiger partial charge in [0.25, 0.3) is 0 Å². The van der Waals surface area contributed by atoms with Crippen molar-refractivity contribution in [2.75, 3.05) is 0 Å². The van der Waals surface area contributed by atoms with Gasteiger partial charge >= 0.3 is 0 Å². The Kier molecular flexibility index (Phi) is 6.87. The van der Waals surface area contributed by atoms with Crippen LogP contribution in [0.5, 0.6) is 46.0 Å². The molecule has 5 nitrogen and oxygen atoms in total. The van der Waals surface area contributed by atoms with Crippen molar-refractivity contribution in [3.8, 4) is 73.9 Å². The van der Waals surface area contributed by atoms with Crippen molar-refractivity contribution in [2.45, 2.75) is 5.41 Å². The topological polar surface area (TPSA) is 41.9 Å². The summed E-state index contributed by atoms with van der Waals surface area (Å²) >= 11 is 0. The van der Waals surface area contributed by atoms with E-state index in [9.17, 15) is 0 Å². The number of benzene rings is 9. The Balaban J connectivity index is 1.16. The van der Waals surface area contributed by atoms with Crippen LogP contribution < -0.4 is 18.9 Å². The Morgan fingerprint density at radius 3 is 1.22 bits per heavy atom. The first-order valence-corrected chi connectivity index (χ1v) is 20.2. The fourth-order valence-electron chi connectivity index (χ4n) is 9.87. The minimum Gasteiger partial charge on any atom is -0.457 e. The highest BCUT2D eigenvalue weighted by Gasteiger charge is 2.50. The number of nitrogens with zero attached hydrogens (tertiary/aromatic N) is 1. The van der Waals surface area contributed by atoms with Gasteiger partial charge < -0.3 is 23.5 Å². The van der Waals surface area contributed by atoms with Gasteiger partial charge in [-0.15, -0.1) is 0 Å². The quantitative estimate of drug-likeness (QED) is 0.167. The molecule has 1 spiro atoms. The van der Waals surface area contributed by atoms with Gasteiger partial charge in [0.05, 0.1) is 16.4 Å². The van der Waals surface area contributed by atoms with E-state index in [1.54, 1.807) is 0 Å². The van der Waals surface area contributed by atoms with Gasteiger partial charge in [-0.2, -0.15) is 0 Å². The van der Waals surface area contributed by atoms with Crippen molar-refractivity contribution in [3.05, 3.63) is 222 Å². The zero-order valence-corrected chi connectivity index (χ0v) is 32.1. The molecule has 0 bridgehead atoms. The Bertz CT molecular complexity index is 3340. The van der Waals surface area contributed by atoms with E-state index in [1.165, 1.54) is 0 Å². The fraction of sp³-hybridized carbons (Fsp3) is 0.0182. The maximum Gasteiger partial charge on any atom is 0.136 e. The molecular weight excluding hydrogens is 739 g/mol. The third-order valence-electron chi connectivity index (χ3n) is 12.4. The lowest BCUT2D eigenvalue weighted by atomic mass is 9.62. The van der Waals surface area contributed by atoms with Gasteiger partial charge in [-0.1, -0.05) is 127 Å². The van der Waals surface area contributed by atoms with E-state index < -0.39 is 5.41 Å². The zero-order valence-electron chi connectivity index (χ0n) is 32.1. The van der Waals surface area contributed by atoms with Crippen molar-refractivity contribution in [1.82, 2.24) is 4.57 Å². The standard InChI is InChI=1S/C55H33NO4/c1-2-16-34(17-3-1)56-45-30-40-37-20-6-12-26-49(37)57-47-24-10-4-18-35(47)36-19-5-11-25-48(36)58-53(40)31-38(45)39-32-54-44(33-46(39)56)55(43-23-9-15-29-52(43)60-54)41-21-7-13-27-50(41)59-51-28-14-8-22-42(51)55/h1-33H. The summed E-state index contributed by atoms with van der Waals surface area (Å²) in [6.45, 7) is 0. The van der Waals surface area contributed by atoms with Crippen molar-refractivity contribution in [3.63, 3.8) is 0 Å². The normalized spacial score (nSPS) is 13.7. The molecule has 282 valence electrons. The first-order valence-electron chi connectivity index (χ1n) is 20.2. The highest BCUT2D eigenvalue weighted by molar-refractivity contribution is 6.12. The van der Waals surface area contributed by atoms with Gasteiger partial charge in [0.15, 0.2) is 0 Å². The van der Waals surface area contributed by atoms with E-state index in [2.05, 4.69) is 138 Å². The molecule has 0 N–H and O–H groups in total.